The third-order valence-corrected chi connectivity index (χ3v) is 2.97. The summed E-state index contributed by atoms with van der Waals surface area (Å²) >= 11 is 0. The summed E-state index contributed by atoms with van der Waals surface area (Å²) in [4.78, 5) is 0. The van der Waals surface area contributed by atoms with Crippen molar-refractivity contribution in [1.29, 1.82) is 0 Å². The summed E-state index contributed by atoms with van der Waals surface area (Å²) in [5, 5.41) is 31.7. The van der Waals surface area contributed by atoms with E-state index in [-0.39, 0.29) is 6.04 Å². The summed E-state index contributed by atoms with van der Waals surface area (Å²) in [5.41, 5.74) is 1.11. The van der Waals surface area contributed by atoms with Crippen LogP contribution in [0.1, 0.15) is 5.56 Å². The minimum absolute atomic E-state index is 0.339. The van der Waals surface area contributed by atoms with E-state index in [9.17, 15) is 15.3 Å². The van der Waals surface area contributed by atoms with Gasteiger partial charge in [0.05, 0.1) is 6.04 Å². The molecule has 0 spiro atoms. The van der Waals surface area contributed by atoms with Gasteiger partial charge >= 0.3 is 0 Å². The molecule has 1 aliphatic carbocycles. The molecule has 0 amide bonds. The van der Waals surface area contributed by atoms with E-state index in [1.807, 2.05) is 30.3 Å². The highest BCUT2D eigenvalue weighted by Crippen LogP contribution is 2.14. The Morgan fingerprint density at radius 3 is 2.35 bits per heavy atom. The second-order valence-corrected chi connectivity index (χ2v) is 4.25. The van der Waals surface area contributed by atoms with Gasteiger partial charge in [-0.25, -0.2) is 0 Å². The number of nitrogens with one attached hydrogen (secondary N) is 1. The van der Waals surface area contributed by atoms with E-state index in [1.165, 1.54) is 6.08 Å². The zero-order chi connectivity index (χ0) is 12.3. The van der Waals surface area contributed by atoms with Crippen molar-refractivity contribution >= 4 is 0 Å². The van der Waals surface area contributed by atoms with Crippen LogP contribution in [0.25, 0.3) is 0 Å². The summed E-state index contributed by atoms with van der Waals surface area (Å²) in [6.45, 7) is 0.607. The second-order valence-electron chi connectivity index (χ2n) is 4.25. The molecule has 1 aromatic carbocycles. The van der Waals surface area contributed by atoms with Crippen molar-refractivity contribution in [2.24, 2.45) is 0 Å². The third kappa shape index (κ3) is 2.92. The highest BCUT2D eigenvalue weighted by molar-refractivity contribution is 5.16. The van der Waals surface area contributed by atoms with E-state index >= 15 is 0 Å². The molecular formula is C13H17NO3. The van der Waals surface area contributed by atoms with E-state index in [0.29, 0.717) is 6.54 Å². The van der Waals surface area contributed by atoms with Crippen molar-refractivity contribution < 1.29 is 15.3 Å². The Balaban J connectivity index is 1.94. The average molecular weight is 235 g/mol. The van der Waals surface area contributed by atoms with Gasteiger partial charge in [0.15, 0.2) is 0 Å². The summed E-state index contributed by atoms with van der Waals surface area (Å²) in [7, 11) is 0. The van der Waals surface area contributed by atoms with Gasteiger partial charge in [-0.05, 0) is 5.56 Å². The van der Waals surface area contributed by atoms with Crippen molar-refractivity contribution in [2.75, 3.05) is 0 Å². The topological polar surface area (TPSA) is 72.7 Å². The number of aliphatic hydroxyl groups excluding tert-OH is 3. The number of rotatable bonds is 3. The lowest BCUT2D eigenvalue weighted by Crippen LogP contribution is -2.51. The third-order valence-electron chi connectivity index (χ3n) is 2.97. The maximum Gasteiger partial charge on any atom is 0.111 e. The van der Waals surface area contributed by atoms with Crippen LogP contribution in [-0.4, -0.2) is 39.7 Å². The maximum atomic E-state index is 9.76. The van der Waals surface area contributed by atoms with E-state index in [0.717, 1.165) is 5.56 Å². The second kappa shape index (κ2) is 5.42. The van der Waals surface area contributed by atoms with Crippen molar-refractivity contribution in [3.63, 3.8) is 0 Å². The molecule has 0 saturated heterocycles. The van der Waals surface area contributed by atoms with Crippen LogP contribution in [0, 0.1) is 0 Å². The molecule has 1 aliphatic rings. The van der Waals surface area contributed by atoms with Crippen molar-refractivity contribution in [3.05, 3.63) is 48.0 Å². The van der Waals surface area contributed by atoms with Crippen molar-refractivity contribution in [1.82, 2.24) is 5.32 Å². The molecule has 0 fully saturated rings. The fourth-order valence-corrected chi connectivity index (χ4v) is 1.90. The molecule has 4 atom stereocenters. The Morgan fingerprint density at radius 2 is 1.65 bits per heavy atom. The highest BCUT2D eigenvalue weighted by atomic mass is 16.4. The molecule has 0 unspecified atom stereocenters. The first kappa shape index (κ1) is 12.3. The summed E-state index contributed by atoms with van der Waals surface area (Å²) in [6.07, 6.45) is 0.0807. The Morgan fingerprint density at radius 1 is 0.941 bits per heavy atom. The molecule has 0 aliphatic heterocycles. The predicted molar refractivity (Wildman–Crippen MR) is 64.2 cm³/mol. The first-order valence-corrected chi connectivity index (χ1v) is 5.68. The van der Waals surface area contributed by atoms with Crippen molar-refractivity contribution in [3.8, 4) is 0 Å². The molecule has 2 rings (SSSR count). The van der Waals surface area contributed by atoms with Gasteiger partial charge in [-0.3, -0.25) is 0 Å². The summed E-state index contributed by atoms with van der Waals surface area (Å²) in [6, 6.07) is 9.47. The Kier molecular flexibility index (Phi) is 3.91. The SMILES string of the molecule is O[C@@H]1[C@@H](O)[C@H](NCc2ccccc2)C=C[C@H]1O. The molecule has 0 radical (unpaired) electrons. The molecule has 0 bridgehead atoms. The lowest BCUT2D eigenvalue weighted by Gasteiger charge is -2.31. The smallest absolute Gasteiger partial charge is 0.111 e. The fraction of sp³-hybridized carbons (Fsp3) is 0.385. The van der Waals surface area contributed by atoms with E-state index in [4.69, 9.17) is 0 Å². The van der Waals surface area contributed by atoms with Gasteiger partial charge in [0.25, 0.3) is 0 Å². The van der Waals surface area contributed by atoms with Crippen LogP contribution in [-0.2, 0) is 6.54 Å². The zero-order valence-corrected chi connectivity index (χ0v) is 9.40. The van der Waals surface area contributed by atoms with Gasteiger partial charge in [-0.15, -0.1) is 0 Å². The molecule has 4 N–H and O–H groups in total. The Labute approximate surface area is 100 Å². The molecule has 0 saturated carbocycles. The largest absolute Gasteiger partial charge is 0.388 e. The molecule has 4 heteroatoms. The normalized spacial score (nSPS) is 32.6. The van der Waals surface area contributed by atoms with Gasteiger partial charge in [0, 0.05) is 6.54 Å². The van der Waals surface area contributed by atoms with Crippen LogP contribution in [0.2, 0.25) is 0 Å². The van der Waals surface area contributed by atoms with Gasteiger partial charge in [-0.2, -0.15) is 0 Å². The maximum absolute atomic E-state index is 9.76. The minimum Gasteiger partial charge on any atom is -0.388 e. The lowest BCUT2D eigenvalue weighted by atomic mass is 9.94. The van der Waals surface area contributed by atoms with E-state index < -0.39 is 18.3 Å². The van der Waals surface area contributed by atoms with Gasteiger partial charge in [0.2, 0.25) is 0 Å². The molecular weight excluding hydrogens is 218 g/mol. The van der Waals surface area contributed by atoms with Crippen LogP contribution in [0.3, 0.4) is 0 Å². The molecule has 0 aromatic heterocycles. The number of hydrogen-bond donors (Lipinski definition) is 4. The van der Waals surface area contributed by atoms with Crippen LogP contribution < -0.4 is 5.32 Å². The molecule has 0 heterocycles. The molecule has 4 nitrogen and oxygen atoms in total. The van der Waals surface area contributed by atoms with Gasteiger partial charge in [-0.1, -0.05) is 42.5 Å². The zero-order valence-electron chi connectivity index (χ0n) is 9.40. The average Bonchev–Trinajstić information content (AvgIpc) is 2.36. The van der Waals surface area contributed by atoms with Gasteiger partial charge < -0.3 is 20.6 Å². The summed E-state index contributed by atoms with van der Waals surface area (Å²) in [5.74, 6) is 0. The fourth-order valence-electron chi connectivity index (χ4n) is 1.90. The van der Waals surface area contributed by atoms with Crippen molar-refractivity contribution in [2.45, 2.75) is 30.9 Å². The number of hydrogen-bond acceptors (Lipinski definition) is 4. The van der Waals surface area contributed by atoms with Crippen LogP contribution in [0.4, 0.5) is 0 Å². The van der Waals surface area contributed by atoms with Crippen LogP contribution in [0.5, 0.6) is 0 Å². The lowest BCUT2D eigenvalue weighted by molar-refractivity contribution is -0.0567. The molecule has 17 heavy (non-hydrogen) atoms. The van der Waals surface area contributed by atoms with E-state index in [2.05, 4.69) is 5.32 Å². The molecule has 1 aromatic rings. The van der Waals surface area contributed by atoms with Crippen LogP contribution in [0.15, 0.2) is 42.5 Å². The predicted octanol–water partition coefficient (Wildman–Crippen LogP) is -0.203. The Bertz CT molecular complexity index is 380. The van der Waals surface area contributed by atoms with Gasteiger partial charge in [0.1, 0.15) is 18.3 Å². The molecule has 92 valence electrons. The summed E-state index contributed by atoms with van der Waals surface area (Å²) < 4.78 is 0. The first-order chi connectivity index (χ1) is 8.18. The Hall–Kier alpha value is -1.20. The van der Waals surface area contributed by atoms with Crippen LogP contribution >= 0.6 is 0 Å². The number of benzene rings is 1. The minimum atomic E-state index is -1.13. The van der Waals surface area contributed by atoms with E-state index in [1.54, 1.807) is 6.08 Å². The monoisotopic (exact) mass is 235 g/mol. The standard InChI is InChI=1S/C13H17NO3/c15-11-7-6-10(12(16)13(11)17)14-8-9-4-2-1-3-5-9/h1-7,10-17H,8H2/t10-,11-,12+,13+/m1/s1. The number of aliphatic hydroxyl groups is 3. The first-order valence-electron chi connectivity index (χ1n) is 5.68. The highest BCUT2D eigenvalue weighted by Gasteiger charge is 2.32. The quantitative estimate of drug-likeness (QED) is 0.547.